The van der Waals surface area contributed by atoms with Crippen LogP contribution in [0, 0.1) is 17.8 Å². The molecule has 0 spiro atoms. The fourth-order valence-corrected chi connectivity index (χ4v) is 5.76. The molecule has 0 aromatic carbocycles. The topological polar surface area (TPSA) is 107 Å². The van der Waals surface area contributed by atoms with E-state index in [1.165, 1.54) is 11.0 Å². The lowest BCUT2D eigenvalue weighted by Crippen LogP contribution is -2.38. The first-order valence-corrected chi connectivity index (χ1v) is 12.6. The third kappa shape index (κ3) is 3.96. The number of nitrogens with one attached hydrogen (secondary N) is 2. The molecule has 1 aliphatic heterocycles. The molecule has 9 heteroatoms. The number of carbonyl (C=O) groups is 1. The van der Waals surface area contributed by atoms with Gasteiger partial charge in [-0.05, 0) is 50.3 Å². The number of fused-ring (bicyclic) bond motifs is 2. The van der Waals surface area contributed by atoms with Gasteiger partial charge >= 0.3 is 5.97 Å². The van der Waals surface area contributed by atoms with E-state index in [1.807, 2.05) is 23.8 Å². The van der Waals surface area contributed by atoms with Crippen LogP contribution >= 0.6 is 0 Å². The van der Waals surface area contributed by atoms with Gasteiger partial charge in [0.25, 0.3) is 11.1 Å². The zero-order chi connectivity index (χ0) is 24.9. The number of rotatable bonds is 4. The maximum Gasteiger partial charge on any atom is 0.314 e. The third-order valence-electron chi connectivity index (χ3n) is 8.01. The lowest BCUT2D eigenvalue weighted by Gasteiger charge is -2.35. The zero-order valence-electron chi connectivity index (χ0n) is 20.7. The summed E-state index contributed by atoms with van der Waals surface area (Å²) in [5, 5.41) is 0.789. The second-order valence-corrected chi connectivity index (χ2v) is 10.0. The third-order valence-corrected chi connectivity index (χ3v) is 8.01. The fraction of sp³-hybridized carbons (Fsp3) is 0.538. The van der Waals surface area contributed by atoms with Gasteiger partial charge in [0.05, 0.1) is 28.4 Å². The van der Waals surface area contributed by atoms with Crippen molar-refractivity contribution < 1.29 is 9.53 Å². The molecule has 6 unspecified atom stereocenters. The average molecular weight is 480 g/mol. The van der Waals surface area contributed by atoms with E-state index >= 15 is 0 Å². The summed E-state index contributed by atoms with van der Waals surface area (Å²) in [5.41, 5.74) is 6.76. The molecule has 4 heterocycles. The molecule has 35 heavy (non-hydrogen) atoms. The smallest absolute Gasteiger partial charge is 0.314 e. The summed E-state index contributed by atoms with van der Waals surface area (Å²) in [6.07, 6.45) is 6.13. The summed E-state index contributed by atoms with van der Waals surface area (Å²) >= 11 is 0. The van der Waals surface area contributed by atoms with E-state index in [4.69, 9.17) is 4.74 Å². The van der Waals surface area contributed by atoms with E-state index in [-0.39, 0.29) is 35.8 Å². The van der Waals surface area contributed by atoms with Crippen LogP contribution in [0.5, 0.6) is 0 Å². The molecule has 0 bridgehead atoms. The van der Waals surface area contributed by atoms with Crippen molar-refractivity contribution in [3.05, 3.63) is 51.3 Å². The van der Waals surface area contributed by atoms with Crippen LogP contribution in [0.3, 0.4) is 0 Å². The van der Waals surface area contributed by atoms with Gasteiger partial charge in [0.2, 0.25) is 0 Å². The van der Waals surface area contributed by atoms with E-state index in [2.05, 4.69) is 29.7 Å². The Balaban J connectivity index is 1.61. The maximum absolute atomic E-state index is 13.6. The van der Waals surface area contributed by atoms with Crippen LogP contribution in [0.15, 0.2) is 40.2 Å². The number of pyridine rings is 3. The Morgan fingerprint density at radius 3 is 2.37 bits per heavy atom. The SMILES string of the molecule is CCOC(=O)C1C(C)NNC1n1ccc2nc3ccn(C4CCCC(C)C4C)c(=O)c3cc2c1=O. The minimum atomic E-state index is -0.617. The molecule has 2 N–H and O–H groups in total. The Bertz CT molecular complexity index is 1400. The van der Waals surface area contributed by atoms with Gasteiger partial charge in [-0.15, -0.1) is 0 Å². The molecule has 6 atom stereocenters. The summed E-state index contributed by atoms with van der Waals surface area (Å²) in [6, 6.07) is 5.20. The number of esters is 1. The largest absolute Gasteiger partial charge is 0.466 e. The molecule has 3 aromatic heterocycles. The van der Waals surface area contributed by atoms with Crippen LogP contribution in [0.25, 0.3) is 21.8 Å². The zero-order valence-corrected chi connectivity index (χ0v) is 20.7. The van der Waals surface area contributed by atoms with Crippen LogP contribution in [-0.4, -0.2) is 32.7 Å². The Morgan fingerprint density at radius 1 is 1.03 bits per heavy atom. The number of hydrogen-bond acceptors (Lipinski definition) is 7. The van der Waals surface area contributed by atoms with Crippen LogP contribution in [-0.2, 0) is 9.53 Å². The van der Waals surface area contributed by atoms with Gasteiger partial charge < -0.3 is 9.30 Å². The van der Waals surface area contributed by atoms with Crippen LogP contribution in [0.2, 0.25) is 0 Å². The summed E-state index contributed by atoms with van der Waals surface area (Å²) in [4.78, 5) is 44.4. The van der Waals surface area contributed by atoms with Crippen molar-refractivity contribution in [2.24, 2.45) is 17.8 Å². The number of hydrazine groups is 1. The Morgan fingerprint density at radius 2 is 1.69 bits per heavy atom. The van der Waals surface area contributed by atoms with Crippen LogP contribution in [0.4, 0.5) is 0 Å². The van der Waals surface area contributed by atoms with Crippen molar-refractivity contribution in [1.82, 2.24) is 25.0 Å². The first-order chi connectivity index (χ1) is 16.8. The van der Waals surface area contributed by atoms with Crippen molar-refractivity contribution >= 4 is 27.8 Å². The van der Waals surface area contributed by atoms with Crippen molar-refractivity contribution in [1.29, 1.82) is 0 Å². The highest BCUT2D eigenvalue weighted by Crippen LogP contribution is 2.37. The van der Waals surface area contributed by atoms with Gasteiger partial charge in [-0.1, -0.05) is 26.7 Å². The monoisotopic (exact) mass is 479 g/mol. The molecule has 1 saturated heterocycles. The second kappa shape index (κ2) is 9.20. The highest BCUT2D eigenvalue weighted by atomic mass is 16.5. The standard InChI is InChI=1S/C26H33N5O4/c1-5-35-26(34)22-16(4)28-29-23(22)31-12-10-20-18(25(31)33)13-17-19(27-20)9-11-30(24(17)32)21-8-6-7-14(2)15(21)3/h9-16,21-23,28-29H,5-8H2,1-4H3. The average Bonchev–Trinajstić information content (AvgIpc) is 3.22. The van der Waals surface area contributed by atoms with Gasteiger partial charge in [0.15, 0.2) is 0 Å². The predicted octanol–water partition coefficient (Wildman–Crippen LogP) is 2.88. The Labute approximate surface area is 203 Å². The molecule has 0 amide bonds. The number of nitrogens with zero attached hydrogens (tertiary/aromatic N) is 3. The molecule has 1 saturated carbocycles. The van der Waals surface area contributed by atoms with Crippen molar-refractivity contribution in [3.8, 4) is 0 Å². The molecule has 2 fully saturated rings. The summed E-state index contributed by atoms with van der Waals surface area (Å²) in [7, 11) is 0. The van der Waals surface area contributed by atoms with Gasteiger partial charge in [0.1, 0.15) is 12.1 Å². The maximum atomic E-state index is 13.6. The van der Waals surface area contributed by atoms with Crippen molar-refractivity contribution in [2.75, 3.05) is 6.61 Å². The predicted molar refractivity (Wildman–Crippen MR) is 134 cm³/mol. The summed E-state index contributed by atoms with van der Waals surface area (Å²) < 4.78 is 8.56. The Hall–Kier alpha value is -3.04. The lowest BCUT2D eigenvalue weighted by molar-refractivity contribution is -0.149. The van der Waals surface area contributed by atoms with Gasteiger partial charge in [-0.2, -0.15) is 0 Å². The normalized spacial score (nSPS) is 29.0. The van der Waals surface area contributed by atoms with E-state index < -0.39 is 12.1 Å². The highest BCUT2D eigenvalue weighted by molar-refractivity contribution is 5.91. The molecule has 0 radical (unpaired) electrons. The summed E-state index contributed by atoms with van der Waals surface area (Å²) in [5.74, 6) is 0.00295. The summed E-state index contributed by atoms with van der Waals surface area (Å²) in [6.45, 7) is 8.35. The first kappa shape index (κ1) is 23.7. The fourth-order valence-electron chi connectivity index (χ4n) is 5.76. The van der Waals surface area contributed by atoms with Crippen molar-refractivity contribution in [3.63, 3.8) is 0 Å². The second-order valence-electron chi connectivity index (χ2n) is 10.0. The minimum absolute atomic E-state index is 0.115. The van der Waals surface area contributed by atoms with E-state index in [0.717, 1.165) is 12.8 Å². The van der Waals surface area contributed by atoms with Crippen molar-refractivity contribution in [2.45, 2.75) is 65.2 Å². The van der Waals surface area contributed by atoms with E-state index in [0.29, 0.717) is 33.6 Å². The van der Waals surface area contributed by atoms with Crippen LogP contribution < -0.4 is 22.0 Å². The van der Waals surface area contributed by atoms with Gasteiger partial charge in [0, 0.05) is 24.5 Å². The minimum Gasteiger partial charge on any atom is -0.466 e. The van der Waals surface area contributed by atoms with E-state index in [9.17, 15) is 14.4 Å². The van der Waals surface area contributed by atoms with Gasteiger partial charge in [-0.25, -0.2) is 10.4 Å². The molecule has 3 aromatic rings. The van der Waals surface area contributed by atoms with E-state index in [1.54, 1.807) is 25.3 Å². The molecule has 1 aliphatic carbocycles. The molecule has 2 aliphatic rings. The molecule has 5 rings (SSSR count). The number of carbonyl (C=O) groups excluding carboxylic acids is 1. The highest BCUT2D eigenvalue weighted by Gasteiger charge is 2.41. The lowest BCUT2D eigenvalue weighted by atomic mass is 9.78. The Kier molecular flexibility index (Phi) is 6.23. The number of aromatic nitrogens is 3. The molecular weight excluding hydrogens is 446 g/mol. The number of hydrogen-bond donors (Lipinski definition) is 2. The number of ether oxygens (including phenoxy) is 1. The first-order valence-electron chi connectivity index (χ1n) is 12.6. The van der Waals surface area contributed by atoms with Crippen LogP contribution in [0.1, 0.15) is 59.2 Å². The quantitative estimate of drug-likeness (QED) is 0.438. The van der Waals surface area contributed by atoms with Gasteiger partial charge in [-0.3, -0.25) is 24.4 Å². The molecule has 186 valence electrons. The molecular formula is C26H33N5O4. The molecule has 9 nitrogen and oxygen atoms in total.